The van der Waals surface area contributed by atoms with E-state index in [-0.39, 0.29) is 10.6 Å². The number of carbonyl (C=O) groups excluding carboxylic acids is 1. The summed E-state index contributed by atoms with van der Waals surface area (Å²) < 4.78 is 33.2. The second kappa shape index (κ2) is 11.5. The summed E-state index contributed by atoms with van der Waals surface area (Å²) >= 11 is 6.08. The summed E-state index contributed by atoms with van der Waals surface area (Å²) in [5.74, 6) is 0.0115. The molecule has 0 radical (unpaired) electrons. The van der Waals surface area contributed by atoms with Crippen molar-refractivity contribution in [3.63, 3.8) is 0 Å². The predicted molar refractivity (Wildman–Crippen MR) is 135 cm³/mol. The third kappa shape index (κ3) is 6.69. The van der Waals surface area contributed by atoms with Gasteiger partial charge in [-0.25, -0.2) is 13.8 Å². The Hall–Kier alpha value is -3.62. The summed E-state index contributed by atoms with van der Waals surface area (Å²) in [6.45, 7) is 5.34. The summed E-state index contributed by atoms with van der Waals surface area (Å²) in [6.07, 6.45) is 3.08. The molecule has 0 saturated heterocycles. The van der Waals surface area contributed by atoms with Crippen LogP contribution in [0.2, 0.25) is 5.02 Å². The Balaban J connectivity index is 1.79. The van der Waals surface area contributed by atoms with Crippen LogP contribution in [0.15, 0.2) is 95.4 Å². The van der Waals surface area contributed by atoms with Crippen molar-refractivity contribution in [1.29, 1.82) is 0 Å². The van der Waals surface area contributed by atoms with E-state index >= 15 is 0 Å². The van der Waals surface area contributed by atoms with Crippen LogP contribution in [0.25, 0.3) is 0 Å². The first-order chi connectivity index (χ1) is 16.3. The molecule has 34 heavy (non-hydrogen) atoms. The van der Waals surface area contributed by atoms with Gasteiger partial charge in [0, 0.05) is 5.02 Å². The molecule has 7 nitrogen and oxygen atoms in total. The number of hydrogen-bond donors (Lipinski definition) is 1. The van der Waals surface area contributed by atoms with Crippen LogP contribution in [0.4, 0.5) is 5.69 Å². The quantitative estimate of drug-likeness (QED) is 0.253. The minimum absolute atomic E-state index is 0.0608. The number of hydrazone groups is 1. The van der Waals surface area contributed by atoms with Crippen molar-refractivity contribution < 1.29 is 17.9 Å². The van der Waals surface area contributed by atoms with E-state index in [2.05, 4.69) is 17.1 Å². The van der Waals surface area contributed by atoms with E-state index in [4.69, 9.17) is 16.3 Å². The molecule has 3 aromatic carbocycles. The fourth-order valence-corrected chi connectivity index (χ4v) is 4.57. The number of nitrogens with zero attached hydrogens (tertiary/aromatic N) is 2. The van der Waals surface area contributed by atoms with Crippen molar-refractivity contribution in [1.82, 2.24) is 5.43 Å². The summed E-state index contributed by atoms with van der Waals surface area (Å²) in [7, 11) is -4.04. The zero-order chi connectivity index (χ0) is 24.6. The van der Waals surface area contributed by atoms with E-state index in [0.717, 1.165) is 9.87 Å². The lowest BCUT2D eigenvalue weighted by atomic mass is 10.2. The zero-order valence-corrected chi connectivity index (χ0v) is 20.1. The second-order valence-electron chi connectivity index (χ2n) is 7.27. The number of sulfonamides is 1. The first-order valence-corrected chi connectivity index (χ1v) is 12.1. The number of aryl methyl sites for hydroxylation is 1. The monoisotopic (exact) mass is 497 g/mol. The van der Waals surface area contributed by atoms with Gasteiger partial charge in [0.1, 0.15) is 18.9 Å². The van der Waals surface area contributed by atoms with Crippen molar-refractivity contribution in [3.05, 3.63) is 102 Å². The summed E-state index contributed by atoms with van der Waals surface area (Å²) in [5.41, 5.74) is 4.25. The van der Waals surface area contributed by atoms with Crippen LogP contribution in [-0.2, 0) is 14.8 Å². The highest BCUT2D eigenvalue weighted by Gasteiger charge is 2.27. The topological polar surface area (TPSA) is 88.1 Å². The standard InChI is InChI=1S/C25H24ClN3O4S/c1-3-14-33-23-9-4-6-20(15-23)17-27-28-25(30)18-29(22-8-5-7-21(26)16-22)34(31,32)24-12-10-19(2)11-13-24/h3-13,15-17H,1,14,18H2,2H3,(H,28,30)/b27-17+. The molecule has 176 valence electrons. The number of amides is 1. The number of rotatable bonds is 10. The van der Waals surface area contributed by atoms with Crippen LogP contribution in [0, 0.1) is 6.92 Å². The molecule has 0 heterocycles. The van der Waals surface area contributed by atoms with Gasteiger partial charge in [0.15, 0.2) is 0 Å². The van der Waals surface area contributed by atoms with Gasteiger partial charge in [-0.3, -0.25) is 9.10 Å². The van der Waals surface area contributed by atoms with Gasteiger partial charge < -0.3 is 4.74 Å². The molecular formula is C25H24ClN3O4S. The van der Waals surface area contributed by atoms with E-state index < -0.39 is 22.5 Å². The van der Waals surface area contributed by atoms with Crippen molar-refractivity contribution in [2.45, 2.75) is 11.8 Å². The Bertz CT molecular complexity index is 1290. The van der Waals surface area contributed by atoms with Crippen molar-refractivity contribution in [3.8, 4) is 5.75 Å². The van der Waals surface area contributed by atoms with Crippen LogP contribution >= 0.6 is 11.6 Å². The van der Waals surface area contributed by atoms with E-state index in [1.165, 1.54) is 24.4 Å². The molecule has 0 unspecified atom stereocenters. The summed E-state index contributed by atoms with van der Waals surface area (Å²) in [6, 6.07) is 19.8. The molecule has 9 heteroatoms. The van der Waals surface area contributed by atoms with Gasteiger partial charge in [0.25, 0.3) is 15.9 Å². The maximum Gasteiger partial charge on any atom is 0.264 e. The van der Waals surface area contributed by atoms with E-state index in [9.17, 15) is 13.2 Å². The third-order valence-electron chi connectivity index (χ3n) is 4.62. The SMILES string of the molecule is C=CCOc1cccc(/C=N/NC(=O)CN(c2cccc(Cl)c2)S(=O)(=O)c2ccc(C)cc2)c1. The van der Waals surface area contributed by atoms with Gasteiger partial charge in [0.2, 0.25) is 0 Å². The summed E-state index contributed by atoms with van der Waals surface area (Å²) in [5, 5.41) is 4.29. The normalized spacial score (nSPS) is 11.2. The number of hydrogen-bond acceptors (Lipinski definition) is 5. The minimum Gasteiger partial charge on any atom is -0.490 e. The molecule has 0 spiro atoms. The molecule has 3 aromatic rings. The van der Waals surface area contributed by atoms with E-state index in [1.807, 2.05) is 6.92 Å². The van der Waals surface area contributed by atoms with Gasteiger partial charge in [-0.15, -0.1) is 0 Å². The van der Waals surface area contributed by atoms with Crippen molar-refractivity contribution in [2.75, 3.05) is 17.5 Å². The highest BCUT2D eigenvalue weighted by atomic mass is 35.5. The molecule has 0 saturated carbocycles. The van der Waals surface area contributed by atoms with Crippen LogP contribution in [0.3, 0.4) is 0 Å². The number of anilines is 1. The molecule has 0 aromatic heterocycles. The lowest BCUT2D eigenvalue weighted by molar-refractivity contribution is -0.119. The number of carbonyl (C=O) groups is 1. The Morgan fingerprint density at radius 2 is 1.85 bits per heavy atom. The van der Waals surface area contributed by atoms with Crippen LogP contribution in [0.1, 0.15) is 11.1 Å². The Morgan fingerprint density at radius 1 is 1.12 bits per heavy atom. The Kier molecular flexibility index (Phi) is 8.45. The molecule has 0 fully saturated rings. The average Bonchev–Trinajstić information content (AvgIpc) is 2.81. The largest absolute Gasteiger partial charge is 0.490 e. The fourth-order valence-electron chi connectivity index (χ4n) is 2.97. The molecule has 0 aliphatic heterocycles. The highest BCUT2D eigenvalue weighted by molar-refractivity contribution is 7.92. The van der Waals surface area contributed by atoms with Gasteiger partial charge in [0.05, 0.1) is 16.8 Å². The van der Waals surface area contributed by atoms with Gasteiger partial charge in [-0.1, -0.05) is 60.2 Å². The average molecular weight is 498 g/mol. The maximum absolute atomic E-state index is 13.4. The summed E-state index contributed by atoms with van der Waals surface area (Å²) in [4.78, 5) is 12.7. The van der Waals surface area contributed by atoms with Crippen LogP contribution < -0.4 is 14.5 Å². The Morgan fingerprint density at radius 3 is 2.56 bits per heavy atom. The lowest BCUT2D eigenvalue weighted by Crippen LogP contribution is -2.39. The molecule has 0 bridgehead atoms. The first kappa shape index (κ1) is 25.0. The smallest absolute Gasteiger partial charge is 0.264 e. The predicted octanol–water partition coefficient (Wildman–Crippen LogP) is 4.56. The molecular weight excluding hydrogens is 474 g/mol. The van der Waals surface area contributed by atoms with Gasteiger partial charge in [-0.05, 0) is 55.0 Å². The second-order valence-corrected chi connectivity index (χ2v) is 9.57. The lowest BCUT2D eigenvalue weighted by Gasteiger charge is -2.24. The molecule has 1 N–H and O–H groups in total. The van der Waals surface area contributed by atoms with Crippen molar-refractivity contribution >= 4 is 39.4 Å². The Labute approximate surface area is 204 Å². The third-order valence-corrected chi connectivity index (χ3v) is 6.64. The molecule has 0 aliphatic rings. The highest BCUT2D eigenvalue weighted by Crippen LogP contribution is 2.26. The van der Waals surface area contributed by atoms with Crippen molar-refractivity contribution in [2.24, 2.45) is 5.10 Å². The number of ether oxygens (including phenoxy) is 1. The minimum atomic E-state index is -4.04. The molecule has 0 atom stereocenters. The van der Waals surface area contributed by atoms with E-state index in [1.54, 1.807) is 60.7 Å². The molecule has 0 aliphatic carbocycles. The number of benzene rings is 3. The van der Waals surface area contributed by atoms with Crippen LogP contribution in [-0.4, -0.2) is 33.7 Å². The maximum atomic E-state index is 13.4. The van der Waals surface area contributed by atoms with E-state index in [0.29, 0.717) is 22.9 Å². The zero-order valence-electron chi connectivity index (χ0n) is 18.5. The fraction of sp³-hybridized carbons (Fsp3) is 0.120. The first-order valence-electron chi connectivity index (χ1n) is 10.3. The van der Waals surface area contributed by atoms with Gasteiger partial charge >= 0.3 is 0 Å². The van der Waals surface area contributed by atoms with Gasteiger partial charge in [-0.2, -0.15) is 5.10 Å². The number of halogens is 1. The number of nitrogens with one attached hydrogen (secondary N) is 1. The molecule has 1 amide bonds. The van der Waals surface area contributed by atoms with Crippen LogP contribution in [0.5, 0.6) is 5.75 Å². The molecule has 3 rings (SSSR count).